The van der Waals surface area contributed by atoms with Crippen molar-refractivity contribution in [1.82, 2.24) is 14.7 Å². The molecule has 192 valence electrons. The Morgan fingerprint density at radius 2 is 1.78 bits per heavy atom. The van der Waals surface area contributed by atoms with Gasteiger partial charge in [-0.15, -0.1) is 0 Å². The van der Waals surface area contributed by atoms with Gasteiger partial charge in [-0.1, -0.05) is 49.4 Å². The first kappa shape index (κ1) is 26.0. The van der Waals surface area contributed by atoms with Gasteiger partial charge < -0.3 is 10.1 Å². The van der Waals surface area contributed by atoms with E-state index in [-0.39, 0.29) is 6.42 Å². The van der Waals surface area contributed by atoms with E-state index in [9.17, 15) is 18.5 Å². The Balaban J connectivity index is 1.44. The molecule has 0 fully saturated rings. The number of aryl methyl sites for hydroxylation is 1. The maximum atomic E-state index is 12.9. The van der Waals surface area contributed by atoms with Gasteiger partial charge in [0.25, 0.3) is 5.69 Å². The summed E-state index contributed by atoms with van der Waals surface area (Å²) in [5.41, 5.74) is 1.41. The molecule has 1 atom stereocenters. The molecule has 0 spiro atoms. The zero-order valence-electron chi connectivity index (χ0n) is 20.2. The van der Waals surface area contributed by atoms with Gasteiger partial charge in [-0.05, 0) is 43.0 Å². The first-order valence-electron chi connectivity index (χ1n) is 11.8. The Labute approximate surface area is 214 Å². The second-order valence-electron chi connectivity index (χ2n) is 8.28. The number of nitrogens with zero attached hydrogens (tertiary/aromatic N) is 3. The molecular formula is C26H27N5O5S. The van der Waals surface area contributed by atoms with Gasteiger partial charge in [-0.25, -0.2) is 18.4 Å². The van der Waals surface area contributed by atoms with Crippen LogP contribution in [0.1, 0.15) is 25.3 Å². The van der Waals surface area contributed by atoms with Crippen molar-refractivity contribution in [2.75, 3.05) is 11.9 Å². The number of anilines is 1. The molecule has 4 rings (SSSR count). The fourth-order valence-corrected chi connectivity index (χ4v) is 5.19. The van der Waals surface area contributed by atoms with Crippen LogP contribution in [0.15, 0.2) is 84.0 Å². The van der Waals surface area contributed by atoms with E-state index in [1.54, 1.807) is 19.1 Å². The molecule has 0 radical (unpaired) electrons. The molecule has 0 aliphatic heterocycles. The Hall–Kier alpha value is -4.09. The van der Waals surface area contributed by atoms with Crippen LogP contribution in [0.4, 0.5) is 11.5 Å². The highest BCUT2D eigenvalue weighted by Gasteiger charge is 2.28. The predicted molar refractivity (Wildman–Crippen MR) is 141 cm³/mol. The third-order valence-corrected chi connectivity index (χ3v) is 7.17. The molecule has 0 aliphatic rings. The number of aromatic nitrogens is 2. The van der Waals surface area contributed by atoms with Crippen molar-refractivity contribution < 1.29 is 18.1 Å². The molecule has 1 aromatic heterocycles. The second kappa shape index (κ2) is 11.8. The average molecular weight is 522 g/mol. The first-order chi connectivity index (χ1) is 17.9. The molecular weight excluding hydrogens is 494 g/mol. The molecule has 4 aromatic rings. The lowest BCUT2D eigenvalue weighted by atomic mass is 10.1. The van der Waals surface area contributed by atoms with E-state index in [4.69, 9.17) is 4.74 Å². The van der Waals surface area contributed by atoms with Crippen molar-refractivity contribution in [3.8, 4) is 5.75 Å². The minimum absolute atomic E-state index is 0.288. The Morgan fingerprint density at radius 3 is 2.54 bits per heavy atom. The van der Waals surface area contributed by atoms with E-state index < -0.39 is 31.8 Å². The number of nitro benzene ring substituents is 1. The molecule has 0 amide bonds. The van der Waals surface area contributed by atoms with E-state index in [0.29, 0.717) is 17.1 Å². The molecule has 11 heteroatoms. The standard InChI is InChI=1S/C26H27N5O5S/c1-2-25(30-37(34,35)24-13-7-6-12-23(24)31(32)33)36-20-14-15-21-22(17-20)28-18-29-26(21)27-16-8-11-19-9-4-3-5-10-19/h3-7,9-10,12-15,17-18,25,30H,2,8,11,16H2,1H3,(H,27,28,29). The second-order valence-corrected chi connectivity index (χ2v) is 9.96. The summed E-state index contributed by atoms with van der Waals surface area (Å²) in [4.78, 5) is 18.8. The normalized spacial score (nSPS) is 12.2. The van der Waals surface area contributed by atoms with E-state index in [1.807, 2.05) is 24.3 Å². The fraction of sp³-hybridized carbons (Fsp3) is 0.231. The van der Waals surface area contributed by atoms with Crippen molar-refractivity contribution in [2.24, 2.45) is 0 Å². The van der Waals surface area contributed by atoms with Gasteiger partial charge in [-0.2, -0.15) is 4.72 Å². The summed E-state index contributed by atoms with van der Waals surface area (Å²) < 4.78 is 34.0. The zero-order valence-corrected chi connectivity index (χ0v) is 21.0. The Bertz CT molecular complexity index is 1480. The lowest BCUT2D eigenvalue weighted by Crippen LogP contribution is -2.38. The van der Waals surface area contributed by atoms with Crippen LogP contribution >= 0.6 is 0 Å². The van der Waals surface area contributed by atoms with Crippen LogP contribution in [-0.4, -0.2) is 36.1 Å². The number of hydrogen-bond acceptors (Lipinski definition) is 8. The molecule has 37 heavy (non-hydrogen) atoms. The van der Waals surface area contributed by atoms with Gasteiger partial charge in [-0.3, -0.25) is 10.1 Å². The molecule has 0 saturated heterocycles. The van der Waals surface area contributed by atoms with Crippen LogP contribution in [0.25, 0.3) is 10.9 Å². The number of benzene rings is 3. The third-order valence-electron chi connectivity index (χ3n) is 5.67. The summed E-state index contributed by atoms with van der Waals surface area (Å²) in [6.45, 7) is 2.48. The highest BCUT2D eigenvalue weighted by Crippen LogP contribution is 2.26. The molecule has 2 N–H and O–H groups in total. The summed E-state index contributed by atoms with van der Waals surface area (Å²) in [5, 5.41) is 15.4. The quantitative estimate of drug-likeness (QED) is 0.119. The van der Waals surface area contributed by atoms with E-state index in [2.05, 4.69) is 32.1 Å². The van der Waals surface area contributed by atoms with Gasteiger partial charge in [0.15, 0.2) is 11.1 Å². The van der Waals surface area contributed by atoms with Crippen LogP contribution < -0.4 is 14.8 Å². The SMILES string of the molecule is CCC(NS(=O)(=O)c1ccccc1[N+](=O)[O-])Oc1ccc2c(NCCCc3ccccc3)ncnc2c1. The maximum absolute atomic E-state index is 12.9. The van der Waals surface area contributed by atoms with Crippen LogP contribution in [0.2, 0.25) is 0 Å². The average Bonchev–Trinajstić information content (AvgIpc) is 2.91. The lowest BCUT2D eigenvalue weighted by molar-refractivity contribution is -0.387. The van der Waals surface area contributed by atoms with Crippen molar-refractivity contribution in [1.29, 1.82) is 0 Å². The Kier molecular flexibility index (Phi) is 8.26. The minimum Gasteiger partial charge on any atom is -0.474 e. The molecule has 1 heterocycles. The van der Waals surface area contributed by atoms with Gasteiger partial charge >= 0.3 is 0 Å². The number of hydrogen-bond donors (Lipinski definition) is 2. The highest BCUT2D eigenvalue weighted by atomic mass is 32.2. The molecule has 3 aromatic carbocycles. The summed E-state index contributed by atoms with van der Waals surface area (Å²) in [6, 6.07) is 20.7. The van der Waals surface area contributed by atoms with Gasteiger partial charge in [0.05, 0.1) is 10.4 Å². The number of para-hydroxylation sites is 1. The van der Waals surface area contributed by atoms with Crippen LogP contribution in [0.5, 0.6) is 5.75 Å². The maximum Gasteiger partial charge on any atom is 0.289 e. The number of ether oxygens (including phenoxy) is 1. The van der Waals surface area contributed by atoms with Gasteiger partial charge in [0, 0.05) is 24.1 Å². The fourth-order valence-electron chi connectivity index (χ4n) is 3.82. The van der Waals surface area contributed by atoms with E-state index in [0.717, 1.165) is 30.8 Å². The summed E-state index contributed by atoms with van der Waals surface area (Å²) in [6.07, 6.45) is 2.69. The molecule has 10 nitrogen and oxygen atoms in total. The van der Waals surface area contributed by atoms with E-state index in [1.165, 1.54) is 30.1 Å². The zero-order chi connectivity index (χ0) is 26.3. The highest BCUT2D eigenvalue weighted by molar-refractivity contribution is 7.89. The Morgan fingerprint density at radius 1 is 1.03 bits per heavy atom. The van der Waals surface area contributed by atoms with Gasteiger partial charge in [0.1, 0.15) is 17.9 Å². The van der Waals surface area contributed by atoms with Crippen LogP contribution in [0, 0.1) is 10.1 Å². The summed E-state index contributed by atoms with van der Waals surface area (Å²) in [5.74, 6) is 1.10. The molecule has 0 bridgehead atoms. The van der Waals surface area contributed by atoms with E-state index >= 15 is 0 Å². The van der Waals surface area contributed by atoms with Crippen molar-refractivity contribution in [2.45, 2.75) is 37.3 Å². The third kappa shape index (κ3) is 6.57. The smallest absolute Gasteiger partial charge is 0.289 e. The number of nitrogens with one attached hydrogen (secondary N) is 2. The monoisotopic (exact) mass is 521 g/mol. The van der Waals surface area contributed by atoms with Crippen LogP contribution in [0.3, 0.4) is 0 Å². The largest absolute Gasteiger partial charge is 0.474 e. The predicted octanol–water partition coefficient (Wildman–Crippen LogP) is 4.68. The topological polar surface area (TPSA) is 136 Å². The number of rotatable bonds is 12. The minimum atomic E-state index is -4.20. The lowest BCUT2D eigenvalue weighted by Gasteiger charge is -2.19. The molecule has 0 aliphatic carbocycles. The molecule has 0 saturated carbocycles. The molecule has 1 unspecified atom stereocenters. The van der Waals surface area contributed by atoms with Crippen molar-refractivity contribution in [3.63, 3.8) is 0 Å². The van der Waals surface area contributed by atoms with Crippen molar-refractivity contribution in [3.05, 3.63) is 94.8 Å². The number of nitro groups is 1. The number of fused-ring (bicyclic) bond motifs is 1. The first-order valence-corrected chi connectivity index (χ1v) is 13.3. The van der Waals surface area contributed by atoms with Gasteiger partial charge in [0.2, 0.25) is 10.0 Å². The number of sulfonamides is 1. The summed E-state index contributed by atoms with van der Waals surface area (Å²) in [7, 11) is -4.20. The van der Waals surface area contributed by atoms with Crippen LogP contribution in [-0.2, 0) is 16.4 Å². The summed E-state index contributed by atoms with van der Waals surface area (Å²) >= 11 is 0. The van der Waals surface area contributed by atoms with Crippen molar-refractivity contribution >= 4 is 32.4 Å².